The number of alkyl carbamates (subject to hydrolysis) is 1. The third kappa shape index (κ3) is 7.79. The number of carbonyl (C=O) groups excluding carboxylic acids is 2. The van der Waals surface area contributed by atoms with E-state index in [1.54, 1.807) is 37.8 Å². The van der Waals surface area contributed by atoms with Gasteiger partial charge in [0.15, 0.2) is 0 Å². The molecule has 9 nitrogen and oxygen atoms in total. The van der Waals surface area contributed by atoms with Gasteiger partial charge >= 0.3 is 6.09 Å². The predicted octanol–water partition coefficient (Wildman–Crippen LogP) is 2.78. The van der Waals surface area contributed by atoms with Crippen LogP contribution in [-0.4, -0.2) is 69.4 Å². The van der Waals surface area contributed by atoms with Crippen molar-refractivity contribution in [3.05, 3.63) is 39.9 Å². The van der Waals surface area contributed by atoms with Crippen LogP contribution in [0.2, 0.25) is 0 Å². The van der Waals surface area contributed by atoms with Gasteiger partial charge in [0, 0.05) is 44.1 Å². The zero-order valence-corrected chi connectivity index (χ0v) is 18.9. The van der Waals surface area contributed by atoms with Gasteiger partial charge in [0.1, 0.15) is 16.5 Å². The van der Waals surface area contributed by atoms with E-state index in [9.17, 15) is 19.7 Å². The fourth-order valence-corrected chi connectivity index (χ4v) is 3.87. The molecule has 0 saturated carbocycles. The molecule has 1 aliphatic rings. The van der Waals surface area contributed by atoms with Gasteiger partial charge in [0.05, 0.1) is 4.92 Å². The molecule has 0 radical (unpaired) electrons. The number of thioether (sulfide) groups is 1. The van der Waals surface area contributed by atoms with Gasteiger partial charge in [0.2, 0.25) is 5.91 Å². The minimum atomic E-state index is -0.613. The molecule has 30 heavy (non-hydrogen) atoms. The van der Waals surface area contributed by atoms with Crippen LogP contribution in [0.5, 0.6) is 0 Å². The fourth-order valence-electron chi connectivity index (χ4n) is 2.66. The van der Waals surface area contributed by atoms with E-state index in [4.69, 9.17) is 17.0 Å². The summed E-state index contributed by atoms with van der Waals surface area (Å²) in [5.74, 6) is 0.459. The summed E-state index contributed by atoms with van der Waals surface area (Å²) in [7, 11) is 0. The van der Waals surface area contributed by atoms with Crippen molar-refractivity contribution in [2.24, 2.45) is 0 Å². The van der Waals surface area contributed by atoms with Gasteiger partial charge in [-0.1, -0.05) is 36.1 Å². The maximum absolute atomic E-state index is 12.3. The van der Waals surface area contributed by atoms with Crippen LogP contribution in [0.3, 0.4) is 0 Å². The molecule has 1 heterocycles. The average molecular weight is 455 g/mol. The summed E-state index contributed by atoms with van der Waals surface area (Å²) in [6.07, 6.45) is -0.613. The van der Waals surface area contributed by atoms with Gasteiger partial charge in [-0.25, -0.2) is 4.79 Å². The molecule has 2 rings (SSSR count). The van der Waals surface area contributed by atoms with Gasteiger partial charge in [-0.05, 0) is 26.3 Å². The molecule has 0 atom stereocenters. The highest BCUT2D eigenvalue weighted by atomic mass is 32.2. The van der Waals surface area contributed by atoms with Crippen molar-refractivity contribution in [1.29, 1.82) is 0 Å². The molecule has 2 amide bonds. The average Bonchev–Trinajstić information content (AvgIpc) is 2.69. The van der Waals surface area contributed by atoms with Crippen LogP contribution in [0.4, 0.5) is 10.5 Å². The first kappa shape index (κ1) is 23.9. The Balaban J connectivity index is 1.71. The van der Waals surface area contributed by atoms with Crippen molar-refractivity contribution in [1.82, 2.24) is 15.1 Å². The number of nitro benzene ring substituents is 1. The molecule has 1 fully saturated rings. The van der Waals surface area contributed by atoms with Crippen LogP contribution >= 0.6 is 24.0 Å². The van der Waals surface area contributed by atoms with E-state index in [2.05, 4.69) is 5.32 Å². The molecule has 1 N–H and O–H groups in total. The third-order valence-electron chi connectivity index (χ3n) is 4.18. The highest BCUT2D eigenvalue weighted by Gasteiger charge is 2.24. The molecule has 164 valence electrons. The van der Waals surface area contributed by atoms with E-state index in [0.717, 1.165) is 9.88 Å². The number of benzene rings is 1. The first-order valence-electron chi connectivity index (χ1n) is 9.45. The molecular formula is C19H26N4O5S2. The third-order valence-corrected chi connectivity index (χ3v) is 5.78. The summed E-state index contributed by atoms with van der Waals surface area (Å²) in [6.45, 7) is 7.45. The Labute approximate surface area is 185 Å². The highest BCUT2D eigenvalue weighted by molar-refractivity contribution is 8.22. The molecule has 0 aliphatic carbocycles. The summed E-state index contributed by atoms with van der Waals surface area (Å²) < 4.78 is 5.85. The second-order valence-corrected chi connectivity index (χ2v) is 9.31. The van der Waals surface area contributed by atoms with E-state index >= 15 is 0 Å². The normalized spacial score (nSPS) is 14.2. The Hall–Kier alpha value is -2.40. The second-order valence-electron chi connectivity index (χ2n) is 7.70. The molecule has 11 heteroatoms. The summed E-state index contributed by atoms with van der Waals surface area (Å²) >= 11 is 6.97. The highest BCUT2D eigenvalue weighted by Crippen LogP contribution is 2.20. The number of ether oxygens (including phenoxy) is 1. The number of rotatable bonds is 5. The van der Waals surface area contributed by atoms with Gasteiger partial charge < -0.3 is 19.9 Å². The molecule has 1 aliphatic heterocycles. The van der Waals surface area contributed by atoms with E-state index < -0.39 is 16.6 Å². The quantitative estimate of drug-likeness (QED) is 0.411. The number of amides is 2. The number of piperazine rings is 1. The zero-order chi connectivity index (χ0) is 22.3. The van der Waals surface area contributed by atoms with Crippen molar-refractivity contribution in [2.45, 2.75) is 32.1 Å². The lowest BCUT2D eigenvalue weighted by Gasteiger charge is -2.36. The lowest BCUT2D eigenvalue weighted by atomic mass is 10.2. The minimum Gasteiger partial charge on any atom is -0.444 e. The topological polar surface area (TPSA) is 105 Å². The summed E-state index contributed by atoms with van der Waals surface area (Å²) in [4.78, 5) is 38.0. The van der Waals surface area contributed by atoms with E-state index in [0.29, 0.717) is 31.9 Å². The Bertz CT molecular complexity index is 787. The van der Waals surface area contributed by atoms with Crippen molar-refractivity contribution >= 4 is 46.0 Å². The number of carbonyl (C=O) groups is 2. The van der Waals surface area contributed by atoms with Gasteiger partial charge in [0.25, 0.3) is 5.69 Å². The lowest BCUT2D eigenvalue weighted by Crippen LogP contribution is -2.52. The SMILES string of the molecule is CC(C)(C)OC(=O)NCC(=O)N1CCN(C(=S)SCc2ccc([N+](=O)[O-])cc2)CC1. The first-order valence-corrected chi connectivity index (χ1v) is 10.8. The van der Waals surface area contributed by atoms with Crippen molar-refractivity contribution in [2.75, 3.05) is 32.7 Å². The van der Waals surface area contributed by atoms with E-state index in [-0.39, 0.29) is 18.1 Å². The summed E-state index contributed by atoms with van der Waals surface area (Å²) in [5, 5.41) is 13.2. The number of nitrogens with one attached hydrogen (secondary N) is 1. The monoisotopic (exact) mass is 454 g/mol. The predicted molar refractivity (Wildman–Crippen MR) is 119 cm³/mol. The molecular weight excluding hydrogens is 428 g/mol. The summed E-state index contributed by atoms with van der Waals surface area (Å²) in [6, 6.07) is 6.41. The number of hydrogen-bond acceptors (Lipinski definition) is 7. The zero-order valence-electron chi connectivity index (χ0n) is 17.3. The van der Waals surface area contributed by atoms with Crippen LogP contribution in [0.25, 0.3) is 0 Å². The van der Waals surface area contributed by atoms with Crippen LogP contribution in [-0.2, 0) is 15.3 Å². The van der Waals surface area contributed by atoms with Crippen LogP contribution in [0.1, 0.15) is 26.3 Å². The van der Waals surface area contributed by atoms with Crippen molar-refractivity contribution < 1.29 is 19.2 Å². The number of nitro groups is 1. The van der Waals surface area contributed by atoms with Gasteiger partial charge in [-0.15, -0.1) is 0 Å². The molecule has 1 aromatic rings. The molecule has 0 unspecified atom stereocenters. The molecule has 0 aromatic heterocycles. The molecule has 1 aromatic carbocycles. The van der Waals surface area contributed by atoms with E-state index in [1.807, 2.05) is 4.90 Å². The van der Waals surface area contributed by atoms with E-state index in [1.165, 1.54) is 23.9 Å². The van der Waals surface area contributed by atoms with Gasteiger partial charge in [-0.3, -0.25) is 14.9 Å². The Kier molecular flexibility index (Phi) is 8.42. The lowest BCUT2D eigenvalue weighted by molar-refractivity contribution is -0.384. The van der Waals surface area contributed by atoms with Crippen molar-refractivity contribution in [3.63, 3.8) is 0 Å². The minimum absolute atomic E-state index is 0.0632. The van der Waals surface area contributed by atoms with Crippen LogP contribution in [0, 0.1) is 10.1 Å². The molecule has 1 saturated heterocycles. The second kappa shape index (κ2) is 10.6. The maximum Gasteiger partial charge on any atom is 0.408 e. The molecule has 0 spiro atoms. The van der Waals surface area contributed by atoms with Gasteiger partial charge in [-0.2, -0.15) is 0 Å². The standard InChI is InChI=1S/C19H26N4O5S2/c1-19(2,3)28-17(25)20-12-16(24)21-8-10-22(11-9-21)18(29)30-13-14-4-6-15(7-5-14)23(26)27/h4-7H,8-13H2,1-3H3,(H,20,25). The Morgan fingerprint density at radius 3 is 2.27 bits per heavy atom. The molecule has 0 bridgehead atoms. The smallest absolute Gasteiger partial charge is 0.408 e. The van der Waals surface area contributed by atoms with Crippen molar-refractivity contribution in [3.8, 4) is 0 Å². The van der Waals surface area contributed by atoms with Crippen LogP contribution in [0.15, 0.2) is 24.3 Å². The fraction of sp³-hybridized carbons (Fsp3) is 0.526. The van der Waals surface area contributed by atoms with Crippen LogP contribution < -0.4 is 5.32 Å². The number of hydrogen-bond donors (Lipinski definition) is 1. The number of thiocarbonyl (C=S) groups is 1. The maximum atomic E-state index is 12.3. The first-order chi connectivity index (χ1) is 14.0. The number of non-ortho nitro benzene ring substituents is 1. The largest absolute Gasteiger partial charge is 0.444 e. The summed E-state index contributed by atoms with van der Waals surface area (Å²) in [5.41, 5.74) is 0.406. The number of nitrogens with zero attached hydrogens (tertiary/aromatic N) is 3. The Morgan fingerprint density at radius 2 is 1.73 bits per heavy atom. The Morgan fingerprint density at radius 1 is 1.17 bits per heavy atom.